The lowest BCUT2D eigenvalue weighted by Gasteiger charge is -2.11. The third kappa shape index (κ3) is 1.91. The van der Waals surface area contributed by atoms with E-state index >= 15 is 0 Å². The van der Waals surface area contributed by atoms with Crippen LogP contribution < -0.4 is 11.1 Å². The molecule has 0 bridgehead atoms. The Labute approximate surface area is 66.1 Å². The van der Waals surface area contributed by atoms with Crippen molar-refractivity contribution in [1.82, 2.24) is 5.32 Å². The Kier molecular flexibility index (Phi) is 2.84. The van der Waals surface area contributed by atoms with E-state index in [-0.39, 0.29) is 17.9 Å². The fourth-order valence-electron chi connectivity index (χ4n) is 1.15. The maximum atomic E-state index is 11.2. The molecule has 0 aromatic heterocycles. The van der Waals surface area contributed by atoms with Crippen molar-refractivity contribution < 1.29 is 9.53 Å². The molecule has 1 amide bonds. The molecule has 4 nitrogen and oxygen atoms in total. The first-order valence-electron chi connectivity index (χ1n) is 3.86. The molecule has 0 aromatic rings. The van der Waals surface area contributed by atoms with Gasteiger partial charge in [-0.15, -0.1) is 0 Å². The first-order chi connectivity index (χ1) is 5.25. The van der Waals surface area contributed by atoms with Crippen molar-refractivity contribution in [3.8, 4) is 0 Å². The van der Waals surface area contributed by atoms with E-state index < -0.39 is 0 Å². The standard InChI is InChI=1S/C7H14N2O2/c1-2-9-7(10)5-3-11-4-6(5)8/h5-6H,2-4,8H2,1H3,(H,9,10). The molecule has 64 valence electrons. The van der Waals surface area contributed by atoms with Gasteiger partial charge in [0.2, 0.25) is 5.91 Å². The number of rotatable bonds is 2. The van der Waals surface area contributed by atoms with E-state index in [1.807, 2.05) is 6.92 Å². The minimum absolute atomic E-state index is 0.0116. The molecule has 0 spiro atoms. The zero-order valence-corrected chi connectivity index (χ0v) is 6.67. The van der Waals surface area contributed by atoms with Crippen molar-refractivity contribution in [3.63, 3.8) is 0 Å². The van der Waals surface area contributed by atoms with E-state index in [0.29, 0.717) is 19.8 Å². The number of carbonyl (C=O) groups excluding carboxylic acids is 1. The largest absolute Gasteiger partial charge is 0.379 e. The van der Waals surface area contributed by atoms with Gasteiger partial charge in [0, 0.05) is 12.6 Å². The Balaban J connectivity index is 2.39. The molecule has 3 N–H and O–H groups in total. The molecule has 1 saturated heterocycles. The SMILES string of the molecule is CCNC(=O)C1COCC1N. The van der Waals surface area contributed by atoms with Crippen LogP contribution in [0.5, 0.6) is 0 Å². The third-order valence-electron chi connectivity index (χ3n) is 1.81. The lowest BCUT2D eigenvalue weighted by Crippen LogP contribution is -2.40. The minimum atomic E-state index is -0.144. The summed E-state index contributed by atoms with van der Waals surface area (Å²) >= 11 is 0. The van der Waals surface area contributed by atoms with E-state index in [1.165, 1.54) is 0 Å². The predicted molar refractivity (Wildman–Crippen MR) is 41.0 cm³/mol. The molecule has 0 aliphatic carbocycles. The molecule has 1 aliphatic heterocycles. The van der Waals surface area contributed by atoms with Crippen LogP contribution in [0.1, 0.15) is 6.92 Å². The van der Waals surface area contributed by atoms with Crippen LogP contribution in [0.2, 0.25) is 0 Å². The molecule has 11 heavy (non-hydrogen) atoms. The van der Waals surface area contributed by atoms with Gasteiger partial charge in [-0.2, -0.15) is 0 Å². The summed E-state index contributed by atoms with van der Waals surface area (Å²) in [5.41, 5.74) is 5.62. The first kappa shape index (κ1) is 8.49. The zero-order valence-electron chi connectivity index (χ0n) is 6.67. The van der Waals surface area contributed by atoms with Crippen molar-refractivity contribution >= 4 is 5.91 Å². The van der Waals surface area contributed by atoms with Crippen LogP contribution in [0.4, 0.5) is 0 Å². The van der Waals surface area contributed by atoms with E-state index in [9.17, 15) is 4.79 Å². The quantitative estimate of drug-likeness (QED) is 0.547. The van der Waals surface area contributed by atoms with E-state index in [4.69, 9.17) is 10.5 Å². The summed E-state index contributed by atoms with van der Waals surface area (Å²) in [6, 6.07) is -0.124. The number of amides is 1. The predicted octanol–water partition coefficient (Wildman–Crippen LogP) is -0.904. The lowest BCUT2D eigenvalue weighted by atomic mass is 10.0. The summed E-state index contributed by atoms with van der Waals surface area (Å²) in [6.07, 6.45) is 0. The molecule has 0 aromatic carbocycles. The second-order valence-electron chi connectivity index (χ2n) is 2.70. The first-order valence-corrected chi connectivity index (χ1v) is 3.86. The molecule has 1 fully saturated rings. The van der Waals surface area contributed by atoms with Gasteiger partial charge in [-0.25, -0.2) is 0 Å². The molecule has 1 aliphatic rings. The number of hydrogen-bond acceptors (Lipinski definition) is 3. The highest BCUT2D eigenvalue weighted by atomic mass is 16.5. The fourth-order valence-corrected chi connectivity index (χ4v) is 1.15. The van der Waals surface area contributed by atoms with Crippen molar-refractivity contribution in [2.75, 3.05) is 19.8 Å². The van der Waals surface area contributed by atoms with Crippen LogP contribution in [-0.2, 0) is 9.53 Å². The number of nitrogens with one attached hydrogen (secondary N) is 1. The van der Waals surface area contributed by atoms with Gasteiger partial charge in [0.05, 0.1) is 19.1 Å². The van der Waals surface area contributed by atoms with Crippen LogP contribution in [0.15, 0.2) is 0 Å². The van der Waals surface area contributed by atoms with Crippen molar-refractivity contribution in [2.45, 2.75) is 13.0 Å². The highest BCUT2D eigenvalue weighted by Gasteiger charge is 2.30. The van der Waals surface area contributed by atoms with E-state index in [2.05, 4.69) is 5.32 Å². The third-order valence-corrected chi connectivity index (χ3v) is 1.81. The van der Waals surface area contributed by atoms with Crippen LogP contribution >= 0.6 is 0 Å². The maximum Gasteiger partial charge on any atom is 0.227 e. The molecule has 4 heteroatoms. The van der Waals surface area contributed by atoms with Gasteiger partial charge < -0.3 is 15.8 Å². The van der Waals surface area contributed by atoms with Crippen LogP contribution in [0.3, 0.4) is 0 Å². The molecule has 0 radical (unpaired) electrons. The molecular formula is C7H14N2O2. The molecule has 1 rings (SSSR count). The average molecular weight is 158 g/mol. The fraction of sp³-hybridized carbons (Fsp3) is 0.857. The Morgan fingerprint density at radius 3 is 2.91 bits per heavy atom. The van der Waals surface area contributed by atoms with Crippen LogP contribution in [-0.4, -0.2) is 31.7 Å². The van der Waals surface area contributed by atoms with Gasteiger partial charge in [-0.1, -0.05) is 0 Å². The average Bonchev–Trinajstić information content (AvgIpc) is 2.36. The van der Waals surface area contributed by atoms with Gasteiger partial charge in [-0.05, 0) is 6.92 Å². The number of carbonyl (C=O) groups is 1. The summed E-state index contributed by atoms with van der Waals surface area (Å²) in [4.78, 5) is 11.2. The van der Waals surface area contributed by atoms with E-state index in [1.54, 1.807) is 0 Å². The summed E-state index contributed by atoms with van der Waals surface area (Å²) in [5.74, 6) is -0.132. The Morgan fingerprint density at radius 2 is 2.45 bits per heavy atom. The number of nitrogens with two attached hydrogens (primary N) is 1. The maximum absolute atomic E-state index is 11.2. The second-order valence-corrected chi connectivity index (χ2v) is 2.70. The summed E-state index contributed by atoms with van der Waals surface area (Å²) in [7, 11) is 0. The monoisotopic (exact) mass is 158 g/mol. The highest BCUT2D eigenvalue weighted by molar-refractivity contribution is 5.79. The smallest absolute Gasteiger partial charge is 0.227 e. The summed E-state index contributed by atoms with van der Waals surface area (Å²) in [6.45, 7) is 3.51. The van der Waals surface area contributed by atoms with Crippen molar-refractivity contribution in [3.05, 3.63) is 0 Å². The van der Waals surface area contributed by atoms with Gasteiger partial charge in [0.25, 0.3) is 0 Å². The minimum Gasteiger partial charge on any atom is -0.379 e. The Bertz CT molecular complexity index is 149. The zero-order chi connectivity index (χ0) is 8.27. The van der Waals surface area contributed by atoms with Crippen molar-refractivity contribution in [1.29, 1.82) is 0 Å². The van der Waals surface area contributed by atoms with E-state index in [0.717, 1.165) is 0 Å². The molecule has 2 atom stereocenters. The molecular weight excluding hydrogens is 144 g/mol. The van der Waals surface area contributed by atoms with Crippen LogP contribution in [0, 0.1) is 5.92 Å². The lowest BCUT2D eigenvalue weighted by molar-refractivity contribution is -0.125. The molecule has 0 saturated carbocycles. The van der Waals surface area contributed by atoms with Gasteiger partial charge in [0.15, 0.2) is 0 Å². The topological polar surface area (TPSA) is 64.3 Å². The van der Waals surface area contributed by atoms with Gasteiger partial charge >= 0.3 is 0 Å². The van der Waals surface area contributed by atoms with Crippen LogP contribution in [0.25, 0.3) is 0 Å². The normalized spacial score (nSPS) is 30.4. The second kappa shape index (κ2) is 3.69. The highest BCUT2D eigenvalue weighted by Crippen LogP contribution is 2.10. The summed E-state index contributed by atoms with van der Waals surface area (Å²) < 4.78 is 5.05. The molecule has 1 heterocycles. The van der Waals surface area contributed by atoms with Gasteiger partial charge in [-0.3, -0.25) is 4.79 Å². The number of ether oxygens (including phenoxy) is 1. The molecule has 2 unspecified atom stereocenters. The summed E-state index contributed by atoms with van der Waals surface area (Å²) in [5, 5.41) is 2.72. The van der Waals surface area contributed by atoms with Crippen molar-refractivity contribution in [2.24, 2.45) is 11.7 Å². The number of hydrogen-bond donors (Lipinski definition) is 2. The Hall–Kier alpha value is -0.610. The Morgan fingerprint density at radius 1 is 1.73 bits per heavy atom. The van der Waals surface area contributed by atoms with Gasteiger partial charge in [0.1, 0.15) is 0 Å².